The van der Waals surface area contributed by atoms with Crippen molar-refractivity contribution < 1.29 is 105 Å². The van der Waals surface area contributed by atoms with Gasteiger partial charge in [-0.15, -0.1) is 33.5 Å². The van der Waals surface area contributed by atoms with Gasteiger partial charge in [-0.3, -0.25) is 17.5 Å². The van der Waals surface area contributed by atoms with Crippen LogP contribution in [0, 0.1) is 6.92 Å². The molecule has 0 radical (unpaired) electrons. The van der Waals surface area contributed by atoms with Crippen molar-refractivity contribution in [2.24, 2.45) is 20.5 Å². The number of hydrogen-bond donors (Lipinski definition) is 7. The van der Waals surface area contributed by atoms with Crippen LogP contribution in [0.25, 0.3) is 10.8 Å². The molecule has 0 fully saturated rings. The largest absolute Gasteiger partial charge is 0.505 e. The van der Waals surface area contributed by atoms with Crippen molar-refractivity contribution in [3.8, 4) is 11.5 Å². The van der Waals surface area contributed by atoms with Crippen molar-refractivity contribution in [3.63, 3.8) is 0 Å². The number of fused-ring (bicyclic) bond motifs is 1. The van der Waals surface area contributed by atoms with Crippen LogP contribution in [-0.4, -0.2) is 101 Å². The van der Waals surface area contributed by atoms with Gasteiger partial charge in [0.15, 0.2) is 50.1 Å². The summed E-state index contributed by atoms with van der Waals surface area (Å²) < 4.78 is 147. The molecule has 0 saturated heterocycles. The van der Waals surface area contributed by atoms with E-state index >= 15 is 0 Å². The lowest BCUT2D eigenvalue weighted by Crippen LogP contribution is -2.13. The zero-order chi connectivity index (χ0) is 47.3. The van der Waals surface area contributed by atoms with Gasteiger partial charge in [0.05, 0.1) is 64.2 Å². The first-order valence-electron chi connectivity index (χ1n) is 16.5. The summed E-state index contributed by atoms with van der Waals surface area (Å²) in [6.45, 7) is 0.512. The predicted molar refractivity (Wildman–Crippen MR) is 219 cm³/mol. The molecule has 4 rings (SSSR count). The second kappa shape index (κ2) is 23.5. The van der Waals surface area contributed by atoms with Crippen molar-refractivity contribution >= 4 is 116 Å². The molecule has 28 nitrogen and oxygen atoms in total. The van der Waals surface area contributed by atoms with Crippen molar-refractivity contribution in [2.75, 3.05) is 43.0 Å². The lowest BCUT2D eigenvalue weighted by Gasteiger charge is -2.14. The number of nitrogens with zero attached hydrogens (tertiary/aromatic N) is 4. The number of nitrogens with one attached hydrogen (secondary N) is 1. The van der Waals surface area contributed by atoms with Crippen molar-refractivity contribution in [2.45, 2.75) is 26.5 Å². The number of phenols is 1. The number of phenolic OH excluding ortho intramolecular Hbond substituents is 1. The van der Waals surface area contributed by atoms with Crippen LogP contribution in [0.4, 0.5) is 28.4 Å². The second-order valence-corrected chi connectivity index (χ2v) is 20.5. The fourth-order valence-corrected chi connectivity index (χ4v) is 9.76. The Kier molecular flexibility index (Phi) is 19.3. The number of sulfone groups is 2. The maximum atomic E-state index is 13.1. The third-order valence-corrected chi connectivity index (χ3v) is 14.0. The Morgan fingerprint density at radius 1 is 0.672 bits per heavy atom. The maximum Gasteiger partial charge on any atom is 0.296 e. The minimum absolute atomic E-state index is 0.0585. The number of methoxy groups -OCH3 is 1. The molecule has 0 aliphatic carbocycles. The highest BCUT2D eigenvalue weighted by Crippen LogP contribution is 2.49. The van der Waals surface area contributed by atoms with E-state index in [2.05, 4.69) is 53.9 Å². The van der Waals surface area contributed by atoms with E-state index in [0.29, 0.717) is 6.07 Å². The van der Waals surface area contributed by atoms with Crippen LogP contribution >= 0.6 is 36.7 Å². The summed E-state index contributed by atoms with van der Waals surface area (Å²) in [7, 11) is -17.1. The average Bonchev–Trinajstić information content (AvgIpc) is 3.23. The molecule has 352 valence electrons. The summed E-state index contributed by atoms with van der Waals surface area (Å²) in [5, 5.41) is 65.4. The molecule has 0 unspecified atom stereocenters. The number of azo groups is 2. The fourth-order valence-electron chi connectivity index (χ4n) is 5.10. The van der Waals surface area contributed by atoms with Gasteiger partial charge in [0, 0.05) is 16.8 Å². The summed E-state index contributed by atoms with van der Waals surface area (Å²) in [6.07, 6.45) is 0. The average molecular weight is 1040 g/mol. The number of benzene rings is 4. The number of ether oxygens (including phenoxy) is 1. The molecule has 0 aromatic heterocycles. The van der Waals surface area contributed by atoms with Crippen LogP contribution in [0.5, 0.6) is 11.5 Å². The zero-order valence-electron chi connectivity index (χ0n) is 31.9. The number of rotatable bonds is 26. The third kappa shape index (κ3) is 14.5. The van der Waals surface area contributed by atoms with Gasteiger partial charge < -0.3 is 15.2 Å². The van der Waals surface area contributed by atoms with Gasteiger partial charge in [0.25, 0.3) is 20.2 Å². The lowest BCUT2D eigenvalue weighted by molar-refractivity contribution is -0.434. The number of anilines is 1. The van der Waals surface area contributed by atoms with E-state index < -0.39 is 85.1 Å². The quantitative estimate of drug-likeness (QED) is 0.00922. The fraction of sp³-hybridized carbons (Fsp3) is 0.241. The summed E-state index contributed by atoms with van der Waals surface area (Å²) >= 11 is 0.504. The van der Waals surface area contributed by atoms with E-state index in [0.717, 1.165) is 24.3 Å². The normalized spacial score (nSPS) is 12.8. The topological polar surface area (TPSA) is 402 Å². The molecule has 64 heavy (non-hydrogen) atoms. The number of aromatic hydroxyl groups is 1. The number of aryl methyl sites for hydroxylation is 1. The predicted octanol–water partition coefficient (Wildman–Crippen LogP) is 6.17. The molecule has 4 aromatic carbocycles. The Balaban J connectivity index is 1.85. The minimum atomic E-state index is -5.24. The molecule has 0 bridgehead atoms. The first-order valence-corrected chi connectivity index (χ1v) is 24.9. The van der Waals surface area contributed by atoms with Crippen LogP contribution in [0.1, 0.15) is 5.56 Å². The van der Waals surface area contributed by atoms with Gasteiger partial charge in [-0.1, -0.05) is 15.1 Å². The van der Waals surface area contributed by atoms with Gasteiger partial charge in [0.1, 0.15) is 39.3 Å². The molecule has 4 aromatic rings. The Hall–Kier alpha value is -3.93. The summed E-state index contributed by atoms with van der Waals surface area (Å²) in [5.41, 5.74) is -1.55. The third-order valence-electron chi connectivity index (χ3n) is 7.78. The maximum absolute atomic E-state index is 13.1. The van der Waals surface area contributed by atoms with Crippen LogP contribution < -0.4 is 10.1 Å². The van der Waals surface area contributed by atoms with Gasteiger partial charge >= 0.3 is 0 Å². The summed E-state index contributed by atoms with van der Waals surface area (Å²) in [5.74, 6) is -3.21. The Bertz CT molecular complexity index is 2820. The molecule has 0 aliphatic rings. The molecule has 7 N–H and O–H groups in total. The Labute approximate surface area is 374 Å². The van der Waals surface area contributed by atoms with Gasteiger partial charge in [-0.05, 0) is 55.0 Å². The smallest absolute Gasteiger partial charge is 0.296 e. The molecular formula is C29H31N5O23S7. The van der Waals surface area contributed by atoms with E-state index in [1.54, 1.807) is 0 Å². The van der Waals surface area contributed by atoms with Gasteiger partial charge in [-0.2, -0.15) is 16.8 Å². The second-order valence-electron chi connectivity index (χ2n) is 11.8. The SMILES string of the molecule is COc1cc(S(=O)(=O)CCOSOOO)c(C)cc1/N=N/c1c(SOOO)cc2c(/N=N/c3ccc(S(=O)(=O)CCOSOOO)cc3S(=O)(=O)O)c(NCS(=O)(=O)O)ccc2c1O. The van der Waals surface area contributed by atoms with E-state index in [1.165, 1.54) is 32.2 Å². The van der Waals surface area contributed by atoms with E-state index in [4.69, 9.17) is 28.9 Å². The van der Waals surface area contributed by atoms with Crippen molar-refractivity contribution in [3.05, 3.63) is 54.1 Å². The molecular weight excluding hydrogens is 1010 g/mol. The lowest BCUT2D eigenvalue weighted by atomic mass is 10.1. The molecule has 0 saturated carbocycles. The minimum Gasteiger partial charge on any atom is -0.505 e. The van der Waals surface area contributed by atoms with Crippen LogP contribution in [0.15, 0.2) is 88.6 Å². The monoisotopic (exact) mass is 1040 g/mol. The Morgan fingerprint density at radius 3 is 1.88 bits per heavy atom. The van der Waals surface area contributed by atoms with Crippen LogP contribution in [0.3, 0.4) is 0 Å². The first-order chi connectivity index (χ1) is 30.2. The Morgan fingerprint density at radius 2 is 1.28 bits per heavy atom. The van der Waals surface area contributed by atoms with E-state index in [1.807, 2.05) is 0 Å². The summed E-state index contributed by atoms with van der Waals surface area (Å²) in [4.78, 5) is -2.08. The summed E-state index contributed by atoms with van der Waals surface area (Å²) in [6, 6.07) is 8.33. The molecule has 0 spiro atoms. The highest BCUT2D eigenvalue weighted by Gasteiger charge is 2.25. The molecule has 35 heteroatoms. The van der Waals surface area contributed by atoms with E-state index in [9.17, 15) is 47.9 Å². The standard InChI is InChI=1S/C29H31N5O23S7/c1-16-11-22(23(49-2)14-25(16)62(41,42)10-8-51-60-57-54-38)32-34-28-24(58-55-52-36)13-19-18(29(28)35)4-6-21(30-15-63(43,44)45)27(19)33-31-20-5-3-17(12-26(20)64(46,47)48)61(39,40)9-7-50-59-56-53-37/h3-6,11-14,30,35-38H,7-10,15H2,1-2H3,(H,43,44,45)(H,46,47,48)/b33-31+,34-32+. The highest BCUT2D eigenvalue weighted by molar-refractivity contribution is 7.94. The first kappa shape index (κ1) is 52.7. The molecule has 0 heterocycles. The van der Waals surface area contributed by atoms with E-state index in [-0.39, 0.29) is 97.9 Å². The molecule has 0 amide bonds. The van der Waals surface area contributed by atoms with Crippen molar-refractivity contribution in [1.29, 1.82) is 0 Å². The molecule has 0 atom stereocenters. The number of hydrogen-bond acceptors (Lipinski definition) is 29. The van der Waals surface area contributed by atoms with Crippen molar-refractivity contribution in [1.82, 2.24) is 0 Å². The molecule has 0 aliphatic heterocycles. The highest BCUT2D eigenvalue weighted by atomic mass is 32.2. The van der Waals surface area contributed by atoms with Crippen LogP contribution in [0.2, 0.25) is 0 Å². The van der Waals surface area contributed by atoms with Crippen LogP contribution in [-0.2, 0) is 76.4 Å². The zero-order valence-corrected chi connectivity index (χ0v) is 37.6. The van der Waals surface area contributed by atoms with Gasteiger partial charge in [-0.25, -0.2) is 32.6 Å². The van der Waals surface area contributed by atoms with Gasteiger partial charge in [0.2, 0.25) is 0 Å².